The molecule has 0 aromatic heterocycles. The van der Waals surface area contributed by atoms with Crippen LogP contribution in [-0.2, 0) is 11.3 Å². The predicted octanol–water partition coefficient (Wildman–Crippen LogP) is 2.36. The second kappa shape index (κ2) is 12.3. The largest absolute Gasteiger partial charge is 0.434 e. The Morgan fingerprint density at radius 2 is 1.81 bits per heavy atom. The van der Waals surface area contributed by atoms with Crippen LogP contribution in [0.3, 0.4) is 0 Å². The van der Waals surface area contributed by atoms with E-state index in [-0.39, 0.29) is 47.7 Å². The van der Waals surface area contributed by atoms with Crippen molar-refractivity contribution in [2.75, 3.05) is 52.9 Å². The van der Waals surface area contributed by atoms with Gasteiger partial charge in [-0.2, -0.15) is 8.78 Å². The molecule has 2 heterocycles. The van der Waals surface area contributed by atoms with Crippen LogP contribution in [0, 0.1) is 5.82 Å². The van der Waals surface area contributed by atoms with E-state index in [1.165, 1.54) is 18.2 Å². The Labute approximate surface area is 197 Å². The van der Waals surface area contributed by atoms with Crippen molar-refractivity contribution in [3.63, 3.8) is 0 Å². The minimum Gasteiger partial charge on any atom is -0.434 e. The van der Waals surface area contributed by atoms with Gasteiger partial charge in [-0.1, -0.05) is 6.07 Å². The van der Waals surface area contributed by atoms with Gasteiger partial charge in [0.15, 0.2) is 5.96 Å². The van der Waals surface area contributed by atoms with Crippen molar-refractivity contribution in [2.45, 2.75) is 26.0 Å². The highest BCUT2D eigenvalue weighted by Crippen LogP contribution is 2.23. The summed E-state index contributed by atoms with van der Waals surface area (Å²) in [6.07, 6.45) is 2.15. The molecule has 2 aliphatic heterocycles. The lowest BCUT2D eigenvalue weighted by Gasteiger charge is -2.36. The van der Waals surface area contributed by atoms with Crippen molar-refractivity contribution in [3.8, 4) is 5.75 Å². The average Bonchev–Trinajstić information content (AvgIpc) is 3.26. The smallest absolute Gasteiger partial charge is 0.387 e. The zero-order valence-electron chi connectivity index (χ0n) is 17.5. The number of alkyl halides is 2. The molecule has 0 radical (unpaired) electrons. The van der Waals surface area contributed by atoms with Crippen LogP contribution in [0.2, 0.25) is 0 Å². The van der Waals surface area contributed by atoms with E-state index in [4.69, 9.17) is 0 Å². The third-order valence-corrected chi connectivity index (χ3v) is 5.42. The number of carbonyl (C=O) groups is 1. The van der Waals surface area contributed by atoms with Crippen LogP contribution in [0.4, 0.5) is 13.2 Å². The molecule has 0 saturated carbocycles. The number of piperazine rings is 1. The number of hydrogen-bond acceptors (Lipinski definition) is 4. The number of likely N-dealkylation sites (tertiary alicyclic amines) is 1. The average molecular weight is 555 g/mol. The first-order valence-corrected chi connectivity index (χ1v) is 10.2. The van der Waals surface area contributed by atoms with E-state index in [1.807, 2.05) is 9.80 Å². The van der Waals surface area contributed by atoms with E-state index in [0.717, 1.165) is 25.9 Å². The number of carbonyl (C=O) groups excluding carboxylic acids is 1. The number of rotatable bonds is 6. The Balaban J connectivity index is 0.00000341. The molecule has 1 amide bonds. The third kappa shape index (κ3) is 7.13. The first-order valence-electron chi connectivity index (χ1n) is 10.2. The summed E-state index contributed by atoms with van der Waals surface area (Å²) in [6, 6.07) is 3.84. The summed E-state index contributed by atoms with van der Waals surface area (Å²) in [6.45, 7) is 1.79. The second-order valence-corrected chi connectivity index (χ2v) is 7.35. The van der Waals surface area contributed by atoms with Crippen LogP contribution in [-0.4, -0.2) is 86.0 Å². The zero-order valence-corrected chi connectivity index (χ0v) is 19.9. The maximum atomic E-state index is 14.1. The van der Waals surface area contributed by atoms with Crippen LogP contribution in [0.5, 0.6) is 5.75 Å². The van der Waals surface area contributed by atoms with Gasteiger partial charge in [0.1, 0.15) is 11.6 Å². The van der Waals surface area contributed by atoms with Gasteiger partial charge < -0.3 is 19.9 Å². The van der Waals surface area contributed by atoms with Gasteiger partial charge in [0, 0.05) is 58.4 Å². The Morgan fingerprint density at radius 3 is 2.42 bits per heavy atom. The molecule has 0 unspecified atom stereocenters. The molecule has 0 spiro atoms. The molecule has 1 aromatic carbocycles. The SMILES string of the molecule is CN=C(NCc1c(F)cccc1OC(F)F)N1CCN(CC(=O)N2CCCC2)CC1.I. The summed E-state index contributed by atoms with van der Waals surface area (Å²) < 4.78 is 43.7. The molecule has 3 rings (SSSR count). The van der Waals surface area contributed by atoms with Gasteiger partial charge in [-0.15, -0.1) is 24.0 Å². The predicted molar refractivity (Wildman–Crippen MR) is 122 cm³/mol. The number of nitrogens with one attached hydrogen (secondary N) is 1. The lowest BCUT2D eigenvalue weighted by Crippen LogP contribution is -2.54. The lowest BCUT2D eigenvalue weighted by atomic mass is 10.2. The van der Waals surface area contributed by atoms with E-state index in [1.54, 1.807) is 7.05 Å². The molecular weight excluding hydrogens is 526 g/mol. The molecule has 1 N–H and O–H groups in total. The Kier molecular flexibility index (Phi) is 10.1. The standard InChI is InChI=1S/C20H28F3N5O2.HI/c1-24-20(25-13-15-16(21)5-4-6-17(15)30-19(22)23)28-11-9-26(10-12-28)14-18(29)27-7-2-3-8-27;/h4-6,19H,2-3,7-14H2,1H3,(H,24,25);1H. The van der Waals surface area contributed by atoms with Crippen LogP contribution in [0.25, 0.3) is 0 Å². The highest BCUT2D eigenvalue weighted by atomic mass is 127. The van der Waals surface area contributed by atoms with Crippen molar-refractivity contribution in [1.82, 2.24) is 20.0 Å². The van der Waals surface area contributed by atoms with Crippen molar-refractivity contribution in [3.05, 3.63) is 29.6 Å². The zero-order chi connectivity index (χ0) is 21.5. The maximum absolute atomic E-state index is 14.1. The molecule has 0 aliphatic carbocycles. The Morgan fingerprint density at radius 1 is 1.13 bits per heavy atom. The third-order valence-electron chi connectivity index (χ3n) is 5.42. The second-order valence-electron chi connectivity index (χ2n) is 7.35. The molecule has 11 heteroatoms. The van der Waals surface area contributed by atoms with E-state index < -0.39 is 12.4 Å². The van der Waals surface area contributed by atoms with Crippen LogP contribution in [0.15, 0.2) is 23.2 Å². The van der Waals surface area contributed by atoms with E-state index >= 15 is 0 Å². The normalized spacial score (nSPS) is 17.6. The summed E-state index contributed by atoms with van der Waals surface area (Å²) in [5.41, 5.74) is 0.0220. The van der Waals surface area contributed by atoms with Gasteiger partial charge in [0.25, 0.3) is 0 Å². The quantitative estimate of drug-likeness (QED) is 0.332. The fourth-order valence-electron chi connectivity index (χ4n) is 3.79. The number of nitrogens with zero attached hydrogens (tertiary/aromatic N) is 4. The first kappa shape index (κ1) is 25.5. The number of hydrogen-bond donors (Lipinski definition) is 1. The van der Waals surface area contributed by atoms with Crippen molar-refractivity contribution >= 4 is 35.8 Å². The highest BCUT2D eigenvalue weighted by molar-refractivity contribution is 14.0. The molecule has 174 valence electrons. The minimum absolute atomic E-state index is 0. The van der Waals surface area contributed by atoms with Gasteiger partial charge >= 0.3 is 6.61 Å². The number of aliphatic imine (C=N–C) groups is 1. The Hall–Kier alpha value is -1.76. The summed E-state index contributed by atoms with van der Waals surface area (Å²) in [7, 11) is 1.61. The van der Waals surface area contributed by atoms with Crippen LogP contribution >= 0.6 is 24.0 Å². The molecule has 1 aromatic rings. The minimum atomic E-state index is -3.03. The van der Waals surface area contributed by atoms with Gasteiger partial charge in [0.2, 0.25) is 5.91 Å². The van der Waals surface area contributed by atoms with Crippen molar-refractivity contribution in [1.29, 1.82) is 0 Å². The summed E-state index contributed by atoms with van der Waals surface area (Å²) in [4.78, 5) is 22.6. The van der Waals surface area contributed by atoms with Crippen LogP contribution in [0.1, 0.15) is 18.4 Å². The topological polar surface area (TPSA) is 60.4 Å². The van der Waals surface area contributed by atoms with E-state index in [0.29, 0.717) is 38.7 Å². The maximum Gasteiger partial charge on any atom is 0.387 e. The molecule has 31 heavy (non-hydrogen) atoms. The number of halogens is 4. The monoisotopic (exact) mass is 555 g/mol. The number of guanidine groups is 1. The number of ether oxygens (including phenoxy) is 1. The summed E-state index contributed by atoms with van der Waals surface area (Å²) in [5, 5.41) is 3.03. The van der Waals surface area contributed by atoms with Crippen molar-refractivity contribution < 1.29 is 22.7 Å². The molecule has 0 atom stereocenters. The van der Waals surface area contributed by atoms with Gasteiger partial charge in [-0.3, -0.25) is 14.7 Å². The number of amides is 1. The fourth-order valence-corrected chi connectivity index (χ4v) is 3.79. The van der Waals surface area contributed by atoms with Crippen molar-refractivity contribution in [2.24, 2.45) is 4.99 Å². The van der Waals surface area contributed by atoms with E-state index in [9.17, 15) is 18.0 Å². The summed E-state index contributed by atoms with van der Waals surface area (Å²) >= 11 is 0. The number of benzene rings is 1. The van der Waals surface area contributed by atoms with Crippen LogP contribution < -0.4 is 10.1 Å². The first-order chi connectivity index (χ1) is 14.5. The molecule has 2 saturated heterocycles. The molecule has 2 aliphatic rings. The van der Waals surface area contributed by atoms with Gasteiger partial charge in [0.05, 0.1) is 6.54 Å². The van der Waals surface area contributed by atoms with Gasteiger partial charge in [-0.25, -0.2) is 4.39 Å². The van der Waals surface area contributed by atoms with Gasteiger partial charge in [-0.05, 0) is 25.0 Å². The fraction of sp³-hybridized carbons (Fsp3) is 0.600. The lowest BCUT2D eigenvalue weighted by molar-refractivity contribution is -0.131. The summed E-state index contributed by atoms with van der Waals surface area (Å²) in [5.74, 6) is -0.0964. The molecular formula is C20H29F3IN5O2. The highest BCUT2D eigenvalue weighted by Gasteiger charge is 2.25. The van der Waals surface area contributed by atoms with E-state index in [2.05, 4.69) is 19.9 Å². The molecule has 7 nitrogen and oxygen atoms in total. The molecule has 0 bridgehead atoms. The molecule has 2 fully saturated rings. The Bertz CT molecular complexity index is 754.